The Hall–Kier alpha value is -1.58. The summed E-state index contributed by atoms with van der Waals surface area (Å²) in [6.07, 6.45) is 1.96. The number of benzene rings is 1. The number of carbonyl (C=O) groups is 1. The molecule has 1 rings (SSSR count). The molecule has 0 aliphatic heterocycles. The van der Waals surface area contributed by atoms with E-state index in [1.54, 1.807) is 4.90 Å². The summed E-state index contributed by atoms with van der Waals surface area (Å²) in [4.78, 5) is 13.8. The van der Waals surface area contributed by atoms with Crippen LogP contribution in [0.25, 0.3) is 0 Å². The lowest BCUT2D eigenvalue weighted by Crippen LogP contribution is -2.32. The van der Waals surface area contributed by atoms with Crippen LogP contribution in [0, 0.1) is 5.82 Å². The molecule has 0 saturated carbocycles. The zero-order chi connectivity index (χ0) is 12.8. The molecule has 0 fully saturated rings. The maximum Gasteiger partial charge on any atom is 0.256 e. The Morgan fingerprint density at radius 1 is 1.41 bits per heavy atom. The summed E-state index contributed by atoms with van der Waals surface area (Å²) in [5.41, 5.74) is 6.28. The third-order valence-corrected chi connectivity index (χ3v) is 2.70. The molecule has 1 amide bonds. The number of rotatable bonds is 5. The predicted octanol–water partition coefficient (Wildman–Crippen LogP) is 2.67. The maximum atomic E-state index is 13.1. The summed E-state index contributed by atoms with van der Waals surface area (Å²) in [6, 6.07) is 3.89. The number of nitrogens with two attached hydrogens (primary N) is 1. The number of nitrogen functional groups attached to an aromatic ring is 1. The zero-order valence-corrected chi connectivity index (χ0v) is 10.4. The van der Waals surface area contributed by atoms with E-state index in [1.807, 2.05) is 6.92 Å². The highest BCUT2D eigenvalue weighted by molar-refractivity contribution is 5.99. The minimum Gasteiger partial charge on any atom is -0.398 e. The van der Waals surface area contributed by atoms with E-state index in [4.69, 9.17) is 5.73 Å². The molecule has 0 radical (unpaired) electrons. The Balaban J connectivity index is 2.89. The lowest BCUT2D eigenvalue weighted by Gasteiger charge is -2.21. The fourth-order valence-corrected chi connectivity index (χ4v) is 1.64. The number of carbonyl (C=O) groups excluding carboxylic acids is 1. The van der Waals surface area contributed by atoms with Gasteiger partial charge in [-0.3, -0.25) is 4.79 Å². The van der Waals surface area contributed by atoms with Crippen LogP contribution in [0.4, 0.5) is 10.1 Å². The zero-order valence-electron chi connectivity index (χ0n) is 10.4. The molecule has 0 heterocycles. The van der Waals surface area contributed by atoms with Crippen LogP contribution in [-0.4, -0.2) is 23.9 Å². The summed E-state index contributed by atoms with van der Waals surface area (Å²) < 4.78 is 13.1. The van der Waals surface area contributed by atoms with Gasteiger partial charge in [0, 0.05) is 18.8 Å². The summed E-state index contributed by atoms with van der Waals surface area (Å²) in [5, 5.41) is 0. The third-order valence-electron chi connectivity index (χ3n) is 2.70. The average Bonchev–Trinajstić information content (AvgIpc) is 2.33. The van der Waals surface area contributed by atoms with Crippen LogP contribution in [0.5, 0.6) is 0 Å². The lowest BCUT2D eigenvalue weighted by atomic mass is 10.1. The van der Waals surface area contributed by atoms with Crippen molar-refractivity contribution >= 4 is 11.6 Å². The fourth-order valence-electron chi connectivity index (χ4n) is 1.64. The van der Waals surface area contributed by atoms with Gasteiger partial charge < -0.3 is 10.6 Å². The molecule has 0 bridgehead atoms. The largest absolute Gasteiger partial charge is 0.398 e. The number of anilines is 1. The molecular weight excluding hydrogens is 219 g/mol. The van der Waals surface area contributed by atoms with Gasteiger partial charge in [-0.05, 0) is 31.5 Å². The molecule has 0 aliphatic carbocycles. The molecule has 0 aliphatic rings. The van der Waals surface area contributed by atoms with Gasteiger partial charge in [0.25, 0.3) is 5.91 Å². The molecule has 0 atom stereocenters. The molecule has 0 aromatic heterocycles. The maximum absolute atomic E-state index is 13.1. The minimum absolute atomic E-state index is 0.196. The molecule has 4 heteroatoms. The highest BCUT2D eigenvalue weighted by atomic mass is 19.1. The summed E-state index contributed by atoms with van der Waals surface area (Å²) >= 11 is 0. The van der Waals surface area contributed by atoms with Crippen LogP contribution in [0.1, 0.15) is 37.0 Å². The number of hydrogen-bond acceptors (Lipinski definition) is 2. The highest BCUT2D eigenvalue weighted by Crippen LogP contribution is 2.16. The topological polar surface area (TPSA) is 46.3 Å². The third kappa shape index (κ3) is 3.44. The number of hydrogen-bond donors (Lipinski definition) is 1. The van der Waals surface area contributed by atoms with Gasteiger partial charge in [0.1, 0.15) is 5.82 Å². The molecule has 0 spiro atoms. The van der Waals surface area contributed by atoms with E-state index in [9.17, 15) is 9.18 Å². The molecule has 94 valence electrons. The first-order valence-corrected chi connectivity index (χ1v) is 5.94. The Bertz CT molecular complexity index is 393. The van der Waals surface area contributed by atoms with Crippen molar-refractivity contribution in [2.75, 3.05) is 18.8 Å². The van der Waals surface area contributed by atoms with Crippen molar-refractivity contribution in [1.82, 2.24) is 4.90 Å². The molecule has 3 nitrogen and oxygen atoms in total. The van der Waals surface area contributed by atoms with Gasteiger partial charge in [-0.25, -0.2) is 4.39 Å². The predicted molar refractivity (Wildman–Crippen MR) is 67.3 cm³/mol. The molecule has 0 saturated heterocycles. The quantitative estimate of drug-likeness (QED) is 0.802. The molecule has 17 heavy (non-hydrogen) atoms. The number of amides is 1. The van der Waals surface area contributed by atoms with Crippen molar-refractivity contribution in [3.63, 3.8) is 0 Å². The average molecular weight is 238 g/mol. The Morgan fingerprint density at radius 3 is 2.71 bits per heavy atom. The van der Waals surface area contributed by atoms with Crippen molar-refractivity contribution in [2.45, 2.75) is 26.7 Å². The van der Waals surface area contributed by atoms with Gasteiger partial charge in [0.2, 0.25) is 0 Å². The van der Waals surface area contributed by atoms with E-state index in [1.165, 1.54) is 18.2 Å². The van der Waals surface area contributed by atoms with E-state index in [2.05, 4.69) is 6.92 Å². The first-order valence-electron chi connectivity index (χ1n) is 5.94. The van der Waals surface area contributed by atoms with Crippen molar-refractivity contribution in [3.8, 4) is 0 Å². The van der Waals surface area contributed by atoms with Gasteiger partial charge in [0.05, 0.1) is 5.56 Å². The lowest BCUT2D eigenvalue weighted by molar-refractivity contribution is 0.0763. The summed E-state index contributed by atoms with van der Waals surface area (Å²) in [5.74, 6) is -0.632. The van der Waals surface area contributed by atoms with Crippen LogP contribution in [0.2, 0.25) is 0 Å². The first-order chi connectivity index (χ1) is 8.10. The number of unbranched alkanes of at least 4 members (excludes halogenated alkanes) is 1. The van der Waals surface area contributed by atoms with E-state index in [0.29, 0.717) is 18.8 Å². The minimum atomic E-state index is -0.436. The number of halogens is 1. The fraction of sp³-hybridized carbons (Fsp3) is 0.462. The molecule has 1 aromatic carbocycles. The van der Waals surface area contributed by atoms with Crippen LogP contribution >= 0.6 is 0 Å². The second kappa shape index (κ2) is 6.23. The van der Waals surface area contributed by atoms with E-state index in [0.717, 1.165) is 12.8 Å². The van der Waals surface area contributed by atoms with Crippen molar-refractivity contribution in [3.05, 3.63) is 29.6 Å². The Labute approximate surface area is 101 Å². The van der Waals surface area contributed by atoms with Crippen molar-refractivity contribution < 1.29 is 9.18 Å². The monoisotopic (exact) mass is 238 g/mol. The second-order valence-electron chi connectivity index (χ2n) is 3.97. The first kappa shape index (κ1) is 13.5. The SMILES string of the molecule is CCCCN(CC)C(=O)c1cc(F)ccc1N. The van der Waals surface area contributed by atoms with Crippen LogP contribution in [0.15, 0.2) is 18.2 Å². The van der Waals surface area contributed by atoms with E-state index in [-0.39, 0.29) is 11.5 Å². The van der Waals surface area contributed by atoms with Gasteiger partial charge in [-0.15, -0.1) is 0 Å². The Morgan fingerprint density at radius 2 is 2.12 bits per heavy atom. The van der Waals surface area contributed by atoms with Crippen LogP contribution in [0.3, 0.4) is 0 Å². The van der Waals surface area contributed by atoms with Gasteiger partial charge in [0.15, 0.2) is 0 Å². The van der Waals surface area contributed by atoms with E-state index >= 15 is 0 Å². The highest BCUT2D eigenvalue weighted by Gasteiger charge is 2.16. The molecule has 1 aromatic rings. The molecule has 0 unspecified atom stereocenters. The smallest absolute Gasteiger partial charge is 0.256 e. The van der Waals surface area contributed by atoms with Gasteiger partial charge in [-0.2, -0.15) is 0 Å². The van der Waals surface area contributed by atoms with Crippen LogP contribution < -0.4 is 5.73 Å². The van der Waals surface area contributed by atoms with Crippen molar-refractivity contribution in [2.24, 2.45) is 0 Å². The summed E-state index contributed by atoms with van der Waals surface area (Å²) in [7, 11) is 0. The molecule has 2 N–H and O–H groups in total. The molecular formula is C13H19FN2O. The van der Waals surface area contributed by atoms with E-state index < -0.39 is 5.82 Å². The number of nitrogens with zero attached hydrogens (tertiary/aromatic N) is 1. The van der Waals surface area contributed by atoms with Crippen LogP contribution in [-0.2, 0) is 0 Å². The Kier molecular flexibility index (Phi) is 4.94. The van der Waals surface area contributed by atoms with Gasteiger partial charge >= 0.3 is 0 Å². The van der Waals surface area contributed by atoms with Crippen molar-refractivity contribution in [1.29, 1.82) is 0 Å². The second-order valence-corrected chi connectivity index (χ2v) is 3.97. The van der Waals surface area contributed by atoms with Gasteiger partial charge in [-0.1, -0.05) is 13.3 Å². The standard InChI is InChI=1S/C13H19FN2O/c1-3-5-8-16(4-2)13(17)11-9-10(14)6-7-12(11)15/h6-7,9H,3-5,8,15H2,1-2H3. The normalized spacial score (nSPS) is 10.3. The summed E-state index contributed by atoms with van der Waals surface area (Å²) in [6.45, 7) is 5.26.